The maximum atomic E-state index is 11.4. The molecule has 0 radical (unpaired) electrons. The molecule has 0 aliphatic carbocycles. The van der Waals surface area contributed by atoms with Crippen molar-refractivity contribution in [1.29, 1.82) is 0 Å². The third-order valence-electron chi connectivity index (χ3n) is 3.72. The molecule has 0 saturated carbocycles. The Balaban J connectivity index is 2.10. The maximum absolute atomic E-state index is 11.4. The molecule has 0 aromatic heterocycles. The number of hydrogen-bond donors (Lipinski definition) is 2. The first kappa shape index (κ1) is 15.6. The Bertz CT molecular complexity index is 487. The van der Waals surface area contributed by atoms with Gasteiger partial charge < -0.3 is 15.5 Å². The van der Waals surface area contributed by atoms with Crippen molar-refractivity contribution in [3.05, 3.63) is 28.3 Å². The summed E-state index contributed by atoms with van der Waals surface area (Å²) in [7, 11) is 0. The molecule has 21 heavy (non-hydrogen) atoms. The molecule has 1 saturated heterocycles. The van der Waals surface area contributed by atoms with E-state index in [-0.39, 0.29) is 16.7 Å². The molecule has 6 nitrogen and oxygen atoms in total. The number of nitrogens with one attached hydrogen (secondary N) is 2. The molecule has 116 valence electrons. The Kier molecular flexibility index (Phi) is 5.38. The van der Waals surface area contributed by atoms with E-state index in [0.717, 1.165) is 19.6 Å². The van der Waals surface area contributed by atoms with E-state index < -0.39 is 0 Å². The molecule has 1 atom stereocenters. The monoisotopic (exact) mass is 292 g/mol. The van der Waals surface area contributed by atoms with Crippen LogP contribution in [0, 0.1) is 10.1 Å². The zero-order valence-electron chi connectivity index (χ0n) is 12.8. The van der Waals surface area contributed by atoms with Gasteiger partial charge in [-0.25, -0.2) is 0 Å². The van der Waals surface area contributed by atoms with Crippen LogP contribution in [-0.2, 0) is 0 Å². The highest BCUT2D eigenvalue weighted by molar-refractivity contribution is 5.76. The Hall–Kier alpha value is -1.82. The van der Waals surface area contributed by atoms with Gasteiger partial charge in [0, 0.05) is 19.1 Å². The molecule has 6 heteroatoms. The third-order valence-corrected chi connectivity index (χ3v) is 3.72. The molecule has 1 aromatic carbocycles. The molecular formula is C15H24N4O2. The van der Waals surface area contributed by atoms with Crippen LogP contribution in [0.3, 0.4) is 0 Å². The second kappa shape index (κ2) is 7.26. The second-order valence-corrected chi connectivity index (χ2v) is 5.54. The average molecular weight is 292 g/mol. The molecule has 1 aromatic rings. The number of nitro groups is 1. The fourth-order valence-electron chi connectivity index (χ4n) is 2.85. The van der Waals surface area contributed by atoms with Crippen molar-refractivity contribution < 1.29 is 4.92 Å². The molecule has 1 aliphatic rings. The fourth-order valence-corrected chi connectivity index (χ4v) is 2.85. The van der Waals surface area contributed by atoms with Crippen molar-refractivity contribution in [3.8, 4) is 0 Å². The molecule has 0 amide bonds. The number of rotatable bonds is 7. The Morgan fingerprint density at radius 3 is 2.62 bits per heavy atom. The molecule has 2 rings (SSSR count). The van der Waals surface area contributed by atoms with Crippen molar-refractivity contribution in [1.82, 2.24) is 4.90 Å². The third kappa shape index (κ3) is 4.07. The van der Waals surface area contributed by atoms with Crippen LogP contribution in [0.25, 0.3) is 0 Å². The average Bonchev–Trinajstić information content (AvgIpc) is 2.91. The van der Waals surface area contributed by atoms with Gasteiger partial charge in [-0.1, -0.05) is 6.07 Å². The van der Waals surface area contributed by atoms with Crippen molar-refractivity contribution >= 4 is 17.1 Å². The maximum Gasteiger partial charge on any atom is 0.315 e. The predicted octanol–water partition coefficient (Wildman–Crippen LogP) is 2.92. The van der Waals surface area contributed by atoms with Gasteiger partial charge in [0.25, 0.3) is 0 Å². The summed E-state index contributed by atoms with van der Waals surface area (Å²) in [6, 6.07) is 5.55. The van der Waals surface area contributed by atoms with Crippen molar-refractivity contribution in [2.45, 2.75) is 32.7 Å². The van der Waals surface area contributed by atoms with Gasteiger partial charge in [0.05, 0.1) is 4.92 Å². The van der Waals surface area contributed by atoms with Crippen LogP contribution in [0.5, 0.6) is 0 Å². The zero-order valence-corrected chi connectivity index (χ0v) is 12.8. The Morgan fingerprint density at radius 1 is 1.33 bits per heavy atom. The number of para-hydroxylation sites is 1. The van der Waals surface area contributed by atoms with E-state index in [4.69, 9.17) is 0 Å². The van der Waals surface area contributed by atoms with Gasteiger partial charge in [-0.3, -0.25) is 10.1 Å². The fraction of sp³-hybridized carbons (Fsp3) is 0.600. The first-order valence-corrected chi connectivity index (χ1v) is 7.62. The zero-order chi connectivity index (χ0) is 15.2. The van der Waals surface area contributed by atoms with Gasteiger partial charge >= 0.3 is 5.69 Å². The lowest BCUT2D eigenvalue weighted by Gasteiger charge is -2.22. The van der Waals surface area contributed by atoms with Crippen LogP contribution in [0.4, 0.5) is 17.1 Å². The number of hydrogen-bond acceptors (Lipinski definition) is 5. The second-order valence-electron chi connectivity index (χ2n) is 5.54. The summed E-state index contributed by atoms with van der Waals surface area (Å²) in [5.74, 6) is 0. The summed E-state index contributed by atoms with van der Waals surface area (Å²) in [6.07, 6.45) is 2.51. The minimum absolute atomic E-state index is 0.132. The summed E-state index contributed by atoms with van der Waals surface area (Å²) in [6.45, 7) is 7.84. The molecule has 1 unspecified atom stereocenters. The van der Waals surface area contributed by atoms with E-state index in [0.29, 0.717) is 17.9 Å². The highest BCUT2D eigenvalue weighted by Gasteiger charge is 2.21. The van der Waals surface area contributed by atoms with E-state index >= 15 is 0 Å². The first-order chi connectivity index (χ1) is 10.1. The number of nitrogens with zero attached hydrogens (tertiary/aromatic N) is 2. The summed E-state index contributed by atoms with van der Waals surface area (Å²) in [4.78, 5) is 13.4. The summed E-state index contributed by atoms with van der Waals surface area (Å²) in [5, 5.41) is 17.7. The Morgan fingerprint density at radius 2 is 2.00 bits per heavy atom. The Labute approximate surface area is 125 Å². The minimum Gasteiger partial charge on any atom is -0.380 e. The quantitative estimate of drug-likeness (QED) is 0.597. The van der Waals surface area contributed by atoms with Crippen LogP contribution >= 0.6 is 0 Å². The molecule has 1 aliphatic heterocycles. The highest BCUT2D eigenvalue weighted by atomic mass is 16.6. The van der Waals surface area contributed by atoms with Crippen LogP contribution in [0.1, 0.15) is 26.7 Å². The first-order valence-electron chi connectivity index (χ1n) is 7.62. The normalized spacial score (nSPS) is 16.7. The summed E-state index contributed by atoms with van der Waals surface area (Å²) >= 11 is 0. The van der Waals surface area contributed by atoms with E-state index in [1.54, 1.807) is 12.1 Å². The van der Waals surface area contributed by atoms with Gasteiger partial charge in [-0.05, 0) is 51.9 Å². The van der Waals surface area contributed by atoms with Crippen LogP contribution in [0.2, 0.25) is 0 Å². The smallest absolute Gasteiger partial charge is 0.315 e. The van der Waals surface area contributed by atoms with E-state index in [1.165, 1.54) is 12.8 Å². The summed E-state index contributed by atoms with van der Waals surface area (Å²) < 4.78 is 0. The van der Waals surface area contributed by atoms with Gasteiger partial charge in [0.1, 0.15) is 11.4 Å². The van der Waals surface area contributed by atoms with Gasteiger partial charge in [-0.15, -0.1) is 0 Å². The minimum atomic E-state index is -0.317. The molecule has 1 heterocycles. The number of anilines is 2. The molecule has 0 bridgehead atoms. The lowest BCUT2D eigenvalue weighted by Crippen LogP contribution is -2.33. The van der Waals surface area contributed by atoms with Gasteiger partial charge in [0.15, 0.2) is 0 Å². The van der Waals surface area contributed by atoms with Crippen molar-refractivity contribution in [3.63, 3.8) is 0 Å². The lowest BCUT2D eigenvalue weighted by atomic mass is 10.2. The largest absolute Gasteiger partial charge is 0.380 e. The molecule has 2 N–H and O–H groups in total. The van der Waals surface area contributed by atoms with Crippen molar-refractivity contribution in [2.24, 2.45) is 0 Å². The number of benzene rings is 1. The van der Waals surface area contributed by atoms with Crippen LogP contribution in [-0.4, -0.2) is 42.0 Å². The molecule has 0 spiro atoms. The number of nitro benzene ring substituents is 1. The van der Waals surface area contributed by atoms with E-state index in [2.05, 4.69) is 22.5 Å². The standard InChI is InChI=1S/C15H24N4O2/c1-3-16-13-7-6-8-14(15(13)19(20)21)17-12(2)11-18-9-4-5-10-18/h6-8,12,16-17H,3-5,9-11H2,1-2H3. The summed E-state index contributed by atoms with van der Waals surface area (Å²) in [5.41, 5.74) is 1.29. The lowest BCUT2D eigenvalue weighted by molar-refractivity contribution is -0.383. The topological polar surface area (TPSA) is 70.4 Å². The number of likely N-dealkylation sites (tertiary alicyclic amines) is 1. The molecule has 1 fully saturated rings. The molecular weight excluding hydrogens is 268 g/mol. The van der Waals surface area contributed by atoms with E-state index in [9.17, 15) is 10.1 Å². The van der Waals surface area contributed by atoms with Crippen LogP contribution < -0.4 is 10.6 Å². The van der Waals surface area contributed by atoms with Gasteiger partial charge in [-0.2, -0.15) is 0 Å². The van der Waals surface area contributed by atoms with E-state index in [1.807, 2.05) is 13.0 Å². The van der Waals surface area contributed by atoms with Gasteiger partial charge in [0.2, 0.25) is 0 Å². The highest BCUT2D eigenvalue weighted by Crippen LogP contribution is 2.33. The predicted molar refractivity (Wildman–Crippen MR) is 86.0 cm³/mol. The van der Waals surface area contributed by atoms with Crippen molar-refractivity contribution in [2.75, 3.05) is 36.8 Å². The van der Waals surface area contributed by atoms with Crippen LogP contribution in [0.15, 0.2) is 18.2 Å². The SMILES string of the molecule is CCNc1cccc(NC(C)CN2CCCC2)c1[N+](=O)[O-].